The van der Waals surface area contributed by atoms with Crippen molar-refractivity contribution >= 4 is 11.9 Å². The van der Waals surface area contributed by atoms with Crippen molar-refractivity contribution in [3.8, 4) is 11.3 Å². The molecular formula is C21H21N5O2. The Morgan fingerprint density at radius 3 is 2.57 bits per heavy atom. The smallest absolute Gasteiger partial charge is 0.251 e. The van der Waals surface area contributed by atoms with E-state index in [1.54, 1.807) is 24.5 Å². The van der Waals surface area contributed by atoms with Crippen LogP contribution in [-0.4, -0.2) is 47.2 Å². The van der Waals surface area contributed by atoms with Gasteiger partial charge in [0.25, 0.3) is 5.91 Å². The minimum Gasteiger partial charge on any atom is -0.378 e. The molecule has 4 rings (SSSR count). The predicted octanol–water partition coefficient (Wildman–Crippen LogP) is 2.31. The monoisotopic (exact) mass is 375 g/mol. The lowest BCUT2D eigenvalue weighted by Gasteiger charge is -2.26. The van der Waals surface area contributed by atoms with E-state index in [0.717, 1.165) is 30.0 Å². The molecule has 1 saturated heterocycles. The fraction of sp³-hybridized carbons (Fsp3) is 0.238. The van der Waals surface area contributed by atoms with Crippen molar-refractivity contribution in [3.63, 3.8) is 0 Å². The highest BCUT2D eigenvalue weighted by atomic mass is 16.5. The topological polar surface area (TPSA) is 80.2 Å². The van der Waals surface area contributed by atoms with Crippen LogP contribution in [-0.2, 0) is 11.3 Å². The summed E-state index contributed by atoms with van der Waals surface area (Å²) in [5.74, 6) is 0.576. The summed E-state index contributed by atoms with van der Waals surface area (Å²) in [6, 6.07) is 14.9. The Balaban J connectivity index is 1.43. The summed E-state index contributed by atoms with van der Waals surface area (Å²) >= 11 is 0. The van der Waals surface area contributed by atoms with E-state index in [1.165, 1.54) is 0 Å². The van der Waals surface area contributed by atoms with Gasteiger partial charge in [-0.3, -0.25) is 9.78 Å². The highest BCUT2D eigenvalue weighted by Gasteiger charge is 2.14. The van der Waals surface area contributed by atoms with Crippen LogP contribution in [0.25, 0.3) is 11.3 Å². The van der Waals surface area contributed by atoms with Crippen molar-refractivity contribution in [1.29, 1.82) is 0 Å². The van der Waals surface area contributed by atoms with Gasteiger partial charge in [0, 0.05) is 36.6 Å². The zero-order valence-electron chi connectivity index (χ0n) is 15.4. The quantitative estimate of drug-likeness (QED) is 0.737. The maximum atomic E-state index is 12.3. The number of carbonyl (C=O) groups excluding carboxylic acids is 1. The SMILES string of the molecule is O=C(NCc1ccccn1)c1ccc(-c2ccnc(N3CCOCC3)n2)cc1. The molecule has 1 aliphatic rings. The Morgan fingerprint density at radius 1 is 1.00 bits per heavy atom. The molecule has 1 N–H and O–H groups in total. The summed E-state index contributed by atoms with van der Waals surface area (Å²) < 4.78 is 5.38. The first kappa shape index (κ1) is 18.1. The van der Waals surface area contributed by atoms with Crippen molar-refractivity contribution in [3.05, 3.63) is 72.2 Å². The predicted molar refractivity (Wildman–Crippen MR) is 106 cm³/mol. The highest BCUT2D eigenvalue weighted by Crippen LogP contribution is 2.20. The molecule has 3 aromatic rings. The Morgan fingerprint density at radius 2 is 1.82 bits per heavy atom. The number of ether oxygens (including phenoxy) is 1. The molecule has 2 aromatic heterocycles. The van der Waals surface area contributed by atoms with Crippen molar-refractivity contribution in [2.24, 2.45) is 0 Å². The molecule has 28 heavy (non-hydrogen) atoms. The number of anilines is 1. The van der Waals surface area contributed by atoms with E-state index < -0.39 is 0 Å². The highest BCUT2D eigenvalue weighted by molar-refractivity contribution is 5.94. The maximum Gasteiger partial charge on any atom is 0.251 e. The number of aromatic nitrogens is 3. The lowest BCUT2D eigenvalue weighted by molar-refractivity contribution is 0.0950. The molecule has 0 bridgehead atoms. The summed E-state index contributed by atoms with van der Waals surface area (Å²) in [6.45, 7) is 3.36. The lowest BCUT2D eigenvalue weighted by atomic mass is 10.1. The van der Waals surface area contributed by atoms with Gasteiger partial charge in [0.05, 0.1) is 31.1 Å². The van der Waals surface area contributed by atoms with E-state index in [1.807, 2.05) is 36.4 Å². The lowest BCUT2D eigenvalue weighted by Crippen LogP contribution is -2.37. The number of pyridine rings is 1. The molecule has 1 aromatic carbocycles. The molecule has 1 aliphatic heterocycles. The Hall–Kier alpha value is -3.32. The zero-order chi connectivity index (χ0) is 19.2. The van der Waals surface area contributed by atoms with Crippen LogP contribution in [0.4, 0.5) is 5.95 Å². The van der Waals surface area contributed by atoms with Crippen LogP contribution >= 0.6 is 0 Å². The van der Waals surface area contributed by atoms with Crippen LogP contribution in [0.15, 0.2) is 60.9 Å². The van der Waals surface area contributed by atoms with Crippen LogP contribution in [0.3, 0.4) is 0 Å². The van der Waals surface area contributed by atoms with E-state index in [-0.39, 0.29) is 5.91 Å². The summed E-state index contributed by atoms with van der Waals surface area (Å²) in [5.41, 5.74) is 3.20. The molecule has 0 atom stereocenters. The van der Waals surface area contributed by atoms with Crippen LogP contribution in [0.2, 0.25) is 0 Å². The summed E-state index contributed by atoms with van der Waals surface area (Å²) in [4.78, 5) is 27.7. The zero-order valence-corrected chi connectivity index (χ0v) is 15.4. The molecule has 1 amide bonds. The van der Waals surface area contributed by atoms with Crippen molar-refractivity contribution in [2.45, 2.75) is 6.54 Å². The normalized spacial score (nSPS) is 13.9. The first-order valence-electron chi connectivity index (χ1n) is 9.24. The maximum absolute atomic E-state index is 12.3. The number of hydrogen-bond acceptors (Lipinski definition) is 6. The molecular weight excluding hydrogens is 354 g/mol. The van der Waals surface area contributed by atoms with Crippen molar-refractivity contribution in [1.82, 2.24) is 20.3 Å². The molecule has 142 valence electrons. The number of nitrogens with zero attached hydrogens (tertiary/aromatic N) is 4. The van der Waals surface area contributed by atoms with Gasteiger partial charge in [0.2, 0.25) is 5.95 Å². The molecule has 0 unspecified atom stereocenters. The van der Waals surface area contributed by atoms with Crippen LogP contribution in [0.5, 0.6) is 0 Å². The van der Waals surface area contributed by atoms with E-state index in [0.29, 0.717) is 31.3 Å². The molecule has 7 heteroatoms. The van der Waals surface area contributed by atoms with E-state index in [4.69, 9.17) is 4.74 Å². The minimum absolute atomic E-state index is 0.131. The van der Waals surface area contributed by atoms with E-state index in [9.17, 15) is 4.79 Å². The molecule has 3 heterocycles. The van der Waals surface area contributed by atoms with Gasteiger partial charge in [-0.25, -0.2) is 9.97 Å². The minimum atomic E-state index is -0.131. The molecule has 0 saturated carbocycles. The number of amides is 1. The summed E-state index contributed by atoms with van der Waals surface area (Å²) in [6.07, 6.45) is 3.48. The van der Waals surface area contributed by atoms with Gasteiger partial charge in [0.1, 0.15) is 0 Å². The van der Waals surface area contributed by atoms with Gasteiger partial charge in [-0.1, -0.05) is 18.2 Å². The third kappa shape index (κ3) is 4.32. The standard InChI is InChI=1S/C21H21N5O2/c27-20(24-15-18-3-1-2-9-22-18)17-6-4-16(5-7-17)19-8-10-23-21(25-19)26-11-13-28-14-12-26/h1-10H,11-15H2,(H,24,27). The molecule has 0 spiro atoms. The first-order valence-corrected chi connectivity index (χ1v) is 9.24. The number of morpholine rings is 1. The molecule has 0 radical (unpaired) electrons. The number of hydrogen-bond donors (Lipinski definition) is 1. The molecule has 0 aliphatic carbocycles. The number of rotatable bonds is 5. The first-order chi connectivity index (χ1) is 13.8. The van der Waals surface area contributed by atoms with Crippen LogP contribution < -0.4 is 10.2 Å². The Labute approximate surface area is 163 Å². The number of benzene rings is 1. The van der Waals surface area contributed by atoms with E-state index in [2.05, 4.69) is 25.2 Å². The number of carbonyl (C=O) groups is 1. The van der Waals surface area contributed by atoms with Crippen molar-refractivity contribution < 1.29 is 9.53 Å². The van der Waals surface area contributed by atoms with Gasteiger partial charge in [-0.15, -0.1) is 0 Å². The largest absolute Gasteiger partial charge is 0.378 e. The second-order valence-electron chi connectivity index (χ2n) is 6.42. The third-order valence-electron chi connectivity index (χ3n) is 4.54. The van der Waals surface area contributed by atoms with Gasteiger partial charge in [0.15, 0.2) is 0 Å². The van der Waals surface area contributed by atoms with Crippen LogP contribution in [0.1, 0.15) is 16.1 Å². The van der Waals surface area contributed by atoms with Crippen molar-refractivity contribution in [2.75, 3.05) is 31.2 Å². The average molecular weight is 375 g/mol. The average Bonchev–Trinajstić information content (AvgIpc) is 2.79. The summed E-state index contributed by atoms with van der Waals surface area (Å²) in [5, 5.41) is 2.88. The number of nitrogens with one attached hydrogen (secondary N) is 1. The van der Waals surface area contributed by atoms with Gasteiger partial charge < -0.3 is 15.0 Å². The third-order valence-corrected chi connectivity index (χ3v) is 4.54. The Kier molecular flexibility index (Phi) is 5.53. The van der Waals surface area contributed by atoms with Gasteiger partial charge >= 0.3 is 0 Å². The van der Waals surface area contributed by atoms with Gasteiger partial charge in [-0.05, 0) is 30.3 Å². The second-order valence-corrected chi connectivity index (χ2v) is 6.42. The van der Waals surface area contributed by atoms with Gasteiger partial charge in [-0.2, -0.15) is 0 Å². The second kappa shape index (κ2) is 8.58. The summed E-state index contributed by atoms with van der Waals surface area (Å²) in [7, 11) is 0. The fourth-order valence-electron chi connectivity index (χ4n) is 2.99. The van der Waals surface area contributed by atoms with E-state index >= 15 is 0 Å². The Bertz CT molecular complexity index is 925. The van der Waals surface area contributed by atoms with Crippen LogP contribution in [0, 0.1) is 0 Å². The molecule has 1 fully saturated rings. The molecule has 7 nitrogen and oxygen atoms in total. The fourth-order valence-corrected chi connectivity index (χ4v) is 2.99.